The molecule has 0 unspecified atom stereocenters. The van der Waals surface area contributed by atoms with Crippen molar-refractivity contribution in [2.75, 3.05) is 5.32 Å². The van der Waals surface area contributed by atoms with Gasteiger partial charge in [-0.25, -0.2) is 0 Å². The zero-order valence-corrected chi connectivity index (χ0v) is 11.7. The lowest BCUT2D eigenvalue weighted by molar-refractivity contribution is -0.125. The fourth-order valence-electron chi connectivity index (χ4n) is 3.01. The van der Waals surface area contributed by atoms with Gasteiger partial charge in [0.05, 0.1) is 11.6 Å². The molecule has 2 N–H and O–H groups in total. The van der Waals surface area contributed by atoms with E-state index in [0.717, 1.165) is 11.3 Å². The van der Waals surface area contributed by atoms with Crippen molar-refractivity contribution in [1.29, 1.82) is 0 Å². The molecule has 0 bridgehead atoms. The van der Waals surface area contributed by atoms with Gasteiger partial charge in [0, 0.05) is 17.7 Å². The number of hydrogen-bond acceptors (Lipinski definition) is 4. The van der Waals surface area contributed by atoms with Gasteiger partial charge < -0.3 is 15.3 Å². The van der Waals surface area contributed by atoms with Crippen LogP contribution in [-0.2, 0) is 4.79 Å². The molecule has 1 heterocycles. The zero-order valence-electron chi connectivity index (χ0n) is 11.7. The molecule has 5 heteroatoms. The minimum atomic E-state index is -0.967. The number of carbonyl (C=O) groups excluding carboxylic acids is 1. The summed E-state index contributed by atoms with van der Waals surface area (Å²) in [5, 5.41) is 15.6. The Bertz CT molecular complexity index is 772. The average molecular weight is 294 g/mol. The van der Waals surface area contributed by atoms with E-state index in [9.17, 15) is 10.0 Å². The third-order valence-electron chi connectivity index (χ3n) is 4.22. The zero-order chi connectivity index (χ0) is 15.2. The minimum Gasteiger partial charge on any atom is -0.476 e. The van der Waals surface area contributed by atoms with Gasteiger partial charge in [-0.15, -0.1) is 0 Å². The highest BCUT2D eigenvalue weighted by Gasteiger charge is 2.68. The largest absolute Gasteiger partial charge is 0.476 e. The van der Waals surface area contributed by atoms with Gasteiger partial charge in [0.2, 0.25) is 0 Å². The van der Waals surface area contributed by atoms with Crippen LogP contribution in [-0.4, -0.2) is 22.4 Å². The summed E-state index contributed by atoms with van der Waals surface area (Å²) in [5.74, 6) is 0.155. The van der Waals surface area contributed by atoms with Crippen LogP contribution in [0.3, 0.4) is 0 Å². The van der Waals surface area contributed by atoms with Crippen molar-refractivity contribution in [2.24, 2.45) is 11.1 Å². The van der Waals surface area contributed by atoms with Gasteiger partial charge in [0.1, 0.15) is 5.75 Å². The lowest BCUT2D eigenvalue weighted by Gasteiger charge is -2.25. The van der Waals surface area contributed by atoms with Crippen molar-refractivity contribution in [3.05, 3.63) is 60.2 Å². The summed E-state index contributed by atoms with van der Waals surface area (Å²) in [6.07, 6.45) is 0.514. The first-order valence-corrected chi connectivity index (χ1v) is 7.11. The Labute approximate surface area is 127 Å². The third-order valence-corrected chi connectivity index (χ3v) is 4.22. The van der Waals surface area contributed by atoms with E-state index < -0.39 is 5.60 Å². The first-order chi connectivity index (χ1) is 10.7. The number of benzene rings is 2. The summed E-state index contributed by atoms with van der Waals surface area (Å²) in [6.45, 7) is 0. The summed E-state index contributed by atoms with van der Waals surface area (Å²) < 4.78 is 5.96. The molecule has 1 aliphatic carbocycles. The predicted molar refractivity (Wildman–Crippen MR) is 81.3 cm³/mol. The number of carbonyl (C=O) groups is 1. The van der Waals surface area contributed by atoms with Crippen LogP contribution >= 0.6 is 0 Å². The first-order valence-electron chi connectivity index (χ1n) is 7.11. The van der Waals surface area contributed by atoms with Crippen LogP contribution < -0.4 is 10.1 Å². The summed E-state index contributed by atoms with van der Waals surface area (Å²) >= 11 is 0. The third kappa shape index (κ3) is 1.79. The summed E-state index contributed by atoms with van der Waals surface area (Å²) in [7, 11) is 0. The van der Waals surface area contributed by atoms with Gasteiger partial charge >= 0.3 is 0 Å². The van der Waals surface area contributed by atoms with Gasteiger partial charge in [0.25, 0.3) is 5.91 Å². The lowest BCUT2D eigenvalue weighted by Crippen LogP contribution is -2.41. The van der Waals surface area contributed by atoms with Gasteiger partial charge in [-0.1, -0.05) is 35.5 Å². The molecule has 2 atom stereocenters. The maximum atomic E-state index is 12.6. The highest BCUT2D eigenvalue weighted by Crippen LogP contribution is 2.54. The molecular weight excluding hydrogens is 280 g/mol. The number of nitrogens with one attached hydrogen (secondary N) is 1. The highest BCUT2D eigenvalue weighted by molar-refractivity contribution is 6.15. The van der Waals surface area contributed by atoms with Crippen LogP contribution in [0.25, 0.3) is 0 Å². The summed E-state index contributed by atoms with van der Waals surface area (Å²) in [4.78, 5) is 12.6. The monoisotopic (exact) mass is 294 g/mol. The SMILES string of the molecule is O=C(Nc1ccccc1)[C@]12C[C@@H]1/C(=N/O)c1ccccc1O2. The number of amides is 1. The number of nitrogens with zero attached hydrogens (tertiary/aromatic N) is 1. The second-order valence-electron chi connectivity index (χ2n) is 5.55. The Morgan fingerprint density at radius 3 is 2.68 bits per heavy atom. The van der Waals surface area contributed by atoms with Crippen molar-refractivity contribution in [2.45, 2.75) is 12.0 Å². The Morgan fingerprint density at radius 1 is 1.18 bits per heavy atom. The Kier molecular flexibility index (Phi) is 2.69. The van der Waals surface area contributed by atoms with E-state index in [1.165, 1.54) is 0 Å². The van der Waals surface area contributed by atoms with Crippen molar-refractivity contribution < 1.29 is 14.7 Å². The fourth-order valence-corrected chi connectivity index (χ4v) is 3.01. The Balaban J connectivity index is 1.66. The molecule has 5 nitrogen and oxygen atoms in total. The number of fused-ring (bicyclic) bond motifs is 2. The molecule has 4 rings (SSSR count). The van der Waals surface area contributed by atoms with E-state index in [1.54, 1.807) is 6.07 Å². The number of para-hydroxylation sites is 2. The number of anilines is 1. The van der Waals surface area contributed by atoms with Crippen LogP contribution in [0.4, 0.5) is 5.69 Å². The highest BCUT2D eigenvalue weighted by atomic mass is 16.5. The number of ether oxygens (including phenoxy) is 1. The molecule has 0 spiro atoms. The molecule has 1 amide bonds. The van der Waals surface area contributed by atoms with Gasteiger partial charge in [-0.3, -0.25) is 4.79 Å². The molecule has 2 aliphatic rings. The standard InChI is InChI=1S/C17H14N2O3/c20-16(18-11-6-2-1-3-7-11)17-10-13(17)15(19-21)12-8-4-5-9-14(12)22-17/h1-9,13,21H,10H2,(H,18,20)/b19-15+/t13-,17+/m1/s1. The maximum Gasteiger partial charge on any atom is 0.269 e. The maximum absolute atomic E-state index is 12.6. The first kappa shape index (κ1) is 12.9. The molecule has 1 aliphatic heterocycles. The van der Waals surface area contributed by atoms with Crippen molar-refractivity contribution in [3.63, 3.8) is 0 Å². The summed E-state index contributed by atoms with van der Waals surface area (Å²) in [6, 6.07) is 16.6. The van der Waals surface area contributed by atoms with Crippen molar-refractivity contribution in [1.82, 2.24) is 0 Å². The summed E-state index contributed by atoms with van der Waals surface area (Å²) in [5.41, 5.74) is 1.02. The topological polar surface area (TPSA) is 70.9 Å². The van der Waals surface area contributed by atoms with Crippen molar-refractivity contribution >= 4 is 17.3 Å². The van der Waals surface area contributed by atoms with Gasteiger partial charge in [0.15, 0.2) is 5.60 Å². The Morgan fingerprint density at radius 2 is 1.91 bits per heavy atom. The van der Waals surface area contributed by atoms with Crippen LogP contribution in [0.2, 0.25) is 0 Å². The molecule has 1 saturated carbocycles. The van der Waals surface area contributed by atoms with E-state index in [-0.39, 0.29) is 11.8 Å². The van der Waals surface area contributed by atoms with Gasteiger partial charge in [-0.05, 0) is 24.3 Å². The van der Waals surface area contributed by atoms with Gasteiger partial charge in [-0.2, -0.15) is 0 Å². The predicted octanol–water partition coefficient (Wildman–Crippen LogP) is 2.65. The molecular formula is C17H14N2O3. The van der Waals surface area contributed by atoms with Crippen LogP contribution in [0, 0.1) is 5.92 Å². The molecule has 2 aromatic carbocycles. The second-order valence-corrected chi connectivity index (χ2v) is 5.55. The lowest BCUT2D eigenvalue weighted by atomic mass is 9.99. The van der Waals surface area contributed by atoms with Crippen LogP contribution in [0.15, 0.2) is 59.8 Å². The molecule has 110 valence electrons. The van der Waals surface area contributed by atoms with Crippen LogP contribution in [0.5, 0.6) is 5.75 Å². The average Bonchev–Trinajstić information content (AvgIpc) is 3.29. The smallest absolute Gasteiger partial charge is 0.269 e. The number of rotatable bonds is 2. The number of hydrogen-bond donors (Lipinski definition) is 2. The quantitative estimate of drug-likeness (QED) is 0.660. The van der Waals surface area contributed by atoms with E-state index in [4.69, 9.17) is 4.74 Å². The normalized spacial score (nSPS) is 26.5. The van der Waals surface area contributed by atoms with E-state index in [1.807, 2.05) is 48.5 Å². The number of oxime groups is 1. The van der Waals surface area contributed by atoms with Crippen LogP contribution in [0.1, 0.15) is 12.0 Å². The Hall–Kier alpha value is -2.82. The second kappa shape index (κ2) is 4.59. The van der Waals surface area contributed by atoms with E-state index in [2.05, 4.69) is 10.5 Å². The molecule has 22 heavy (non-hydrogen) atoms. The minimum absolute atomic E-state index is 0.209. The molecule has 1 fully saturated rings. The molecule has 2 aromatic rings. The van der Waals surface area contributed by atoms with E-state index in [0.29, 0.717) is 17.9 Å². The molecule has 0 radical (unpaired) electrons. The van der Waals surface area contributed by atoms with E-state index >= 15 is 0 Å². The fraction of sp³-hybridized carbons (Fsp3) is 0.176. The van der Waals surface area contributed by atoms with Crippen molar-refractivity contribution in [3.8, 4) is 5.75 Å². The molecule has 0 aromatic heterocycles. The molecule has 0 saturated heterocycles.